The summed E-state index contributed by atoms with van der Waals surface area (Å²) in [5, 5.41) is 0. The van der Waals surface area contributed by atoms with Gasteiger partial charge in [0.15, 0.2) is 5.65 Å². The van der Waals surface area contributed by atoms with Crippen molar-refractivity contribution in [3.8, 4) is 0 Å². The molecule has 136 valence electrons. The van der Waals surface area contributed by atoms with Gasteiger partial charge in [0.1, 0.15) is 16.9 Å². The molecule has 1 saturated heterocycles. The molecule has 2 aromatic rings. The summed E-state index contributed by atoms with van der Waals surface area (Å²) in [6, 6.07) is 3.82. The first-order valence-electron chi connectivity index (χ1n) is 8.71. The van der Waals surface area contributed by atoms with Gasteiger partial charge >= 0.3 is 6.09 Å². The lowest BCUT2D eigenvalue weighted by Gasteiger charge is -2.34. The number of nitrogens with zero attached hydrogens (tertiary/aromatic N) is 4. The average molecular weight is 365 g/mol. The molecule has 0 aromatic carbocycles. The number of rotatable bonds is 3. The standard InChI is InChI=1S/C18H25ClN4O2/c1-18(2,3)25-17(24)22-9-5-6-13(11-22)12-23-15(10-19)21-14-7-4-8-20-16(14)23/h4,7-8,13H,5-6,9-12H2,1-3H3/t13-/m0/s1. The Bertz CT molecular complexity index is 753. The van der Waals surface area contributed by atoms with Crippen molar-refractivity contribution in [2.24, 2.45) is 5.92 Å². The molecule has 1 amide bonds. The van der Waals surface area contributed by atoms with Gasteiger partial charge in [-0.25, -0.2) is 14.8 Å². The lowest BCUT2D eigenvalue weighted by molar-refractivity contribution is 0.0157. The minimum atomic E-state index is -0.472. The Morgan fingerprint density at radius 2 is 2.24 bits per heavy atom. The van der Waals surface area contributed by atoms with E-state index in [9.17, 15) is 4.79 Å². The summed E-state index contributed by atoms with van der Waals surface area (Å²) < 4.78 is 7.60. The lowest BCUT2D eigenvalue weighted by atomic mass is 9.98. The van der Waals surface area contributed by atoms with Crippen molar-refractivity contribution in [1.29, 1.82) is 0 Å². The molecule has 0 aliphatic carbocycles. The molecule has 0 N–H and O–H groups in total. The first-order chi connectivity index (χ1) is 11.9. The summed E-state index contributed by atoms with van der Waals surface area (Å²) in [6.07, 6.45) is 3.57. The Hall–Kier alpha value is -1.82. The molecule has 1 fully saturated rings. The van der Waals surface area contributed by atoms with E-state index >= 15 is 0 Å². The van der Waals surface area contributed by atoms with Crippen molar-refractivity contribution in [1.82, 2.24) is 19.4 Å². The zero-order valence-electron chi connectivity index (χ0n) is 15.0. The van der Waals surface area contributed by atoms with Crippen molar-refractivity contribution in [3.05, 3.63) is 24.2 Å². The van der Waals surface area contributed by atoms with Gasteiger partial charge in [-0.1, -0.05) is 0 Å². The minimum Gasteiger partial charge on any atom is -0.444 e. The first kappa shape index (κ1) is 18.0. The fourth-order valence-electron chi connectivity index (χ4n) is 3.26. The third-order valence-electron chi connectivity index (χ3n) is 4.31. The van der Waals surface area contributed by atoms with Crippen molar-refractivity contribution in [3.63, 3.8) is 0 Å². The highest BCUT2D eigenvalue weighted by Crippen LogP contribution is 2.24. The predicted molar refractivity (Wildman–Crippen MR) is 97.6 cm³/mol. The highest BCUT2D eigenvalue weighted by molar-refractivity contribution is 6.16. The molecule has 25 heavy (non-hydrogen) atoms. The molecule has 2 aromatic heterocycles. The number of aromatic nitrogens is 3. The van der Waals surface area contributed by atoms with E-state index in [1.54, 1.807) is 6.20 Å². The van der Waals surface area contributed by atoms with E-state index in [-0.39, 0.29) is 6.09 Å². The monoisotopic (exact) mass is 364 g/mol. The molecule has 6 nitrogen and oxygen atoms in total. The molecule has 0 unspecified atom stereocenters. The molecular weight excluding hydrogens is 340 g/mol. The summed E-state index contributed by atoms with van der Waals surface area (Å²) in [5.41, 5.74) is 1.24. The Balaban J connectivity index is 1.74. The van der Waals surface area contributed by atoms with E-state index in [4.69, 9.17) is 16.3 Å². The molecule has 7 heteroatoms. The van der Waals surface area contributed by atoms with Crippen LogP contribution in [-0.2, 0) is 17.2 Å². The third kappa shape index (κ3) is 4.24. The van der Waals surface area contributed by atoms with Crippen LogP contribution in [0.2, 0.25) is 0 Å². The van der Waals surface area contributed by atoms with Crippen LogP contribution < -0.4 is 0 Å². The molecule has 1 aliphatic heterocycles. The van der Waals surface area contributed by atoms with Gasteiger partial charge in [0, 0.05) is 25.8 Å². The zero-order chi connectivity index (χ0) is 18.0. The number of hydrogen-bond acceptors (Lipinski definition) is 4. The van der Waals surface area contributed by atoms with E-state index in [1.165, 1.54) is 0 Å². The van der Waals surface area contributed by atoms with Gasteiger partial charge in [-0.2, -0.15) is 0 Å². The molecule has 0 spiro atoms. The molecule has 1 aliphatic rings. The molecule has 3 heterocycles. The normalized spacial score (nSPS) is 18.6. The van der Waals surface area contributed by atoms with E-state index in [0.717, 1.165) is 42.9 Å². The Morgan fingerprint density at radius 1 is 1.44 bits per heavy atom. The summed E-state index contributed by atoms with van der Waals surface area (Å²) in [7, 11) is 0. The van der Waals surface area contributed by atoms with E-state index in [1.807, 2.05) is 37.8 Å². The molecule has 0 saturated carbocycles. The summed E-state index contributed by atoms with van der Waals surface area (Å²) in [5.74, 6) is 1.51. The van der Waals surface area contributed by atoms with Crippen LogP contribution in [0, 0.1) is 5.92 Å². The third-order valence-corrected chi connectivity index (χ3v) is 4.55. The summed E-state index contributed by atoms with van der Waals surface area (Å²) in [6.45, 7) is 7.86. The fraction of sp³-hybridized carbons (Fsp3) is 0.611. The Kier molecular flexibility index (Phi) is 5.18. The predicted octanol–water partition coefficient (Wildman–Crippen LogP) is 3.82. The number of imidazole rings is 1. The van der Waals surface area contributed by atoms with Crippen molar-refractivity contribution >= 4 is 28.9 Å². The first-order valence-corrected chi connectivity index (χ1v) is 9.25. The number of alkyl halides is 1. The highest BCUT2D eigenvalue weighted by atomic mass is 35.5. The number of hydrogen-bond donors (Lipinski definition) is 0. The Labute approximate surface area is 153 Å². The van der Waals surface area contributed by atoms with Gasteiger partial charge in [-0.15, -0.1) is 11.6 Å². The maximum Gasteiger partial charge on any atom is 0.410 e. The van der Waals surface area contributed by atoms with Gasteiger partial charge in [0.05, 0.1) is 5.88 Å². The molecular formula is C18H25ClN4O2. The SMILES string of the molecule is CC(C)(C)OC(=O)N1CCC[C@H](Cn2c(CCl)nc3cccnc32)C1. The maximum atomic E-state index is 12.3. The zero-order valence-corrected chi connectivity index (χ0v) is 15.8. The maximum absolute atomic E-state index is 12.3. The summed E-state index contributed by atoms with van der Waals surface area (Å²) in [4.78, 5) is 23.2. The molecule has 1 atom stereocenters. The van der Waals surface area contributed by atoms with Gasteiger partial charge in [0.2, 0.25) is 0 Å². The number of pyridine rings is 1. The number of piperidine rings is 1. The average Bonchev–Trinajstić information content (AvgIpc) is 2.91. The number of fused-ring (bicyclic) bond motifs is 1. The summed E-state index contributed by atoms with van der Waals surface area (Å²) >= 11 is 6.08. The van der Waals surface area contributed by atoms with Crippen LogP contribution in [-0.4, -0.2) is 44.2 Å². The van der Waals surface area contributed by atoms with Crippen LogP contribution in [0.1, 0.15) is 39.4 Å². The van der Waals surface area contributed by atoms with E-state index in [2.05, 4.69) is 14.5 Å². The van der Waals surface area contributed by atoms with Gasteiger partial charge < -0.3 is 14.2 Å². The van der Waals surface area contributed by atoms with Crippen LogP contribution in [0.25, 0.3) is 11.2 Å². The quantitative estimate of drug-likeness (QED) is 0.777. The smallest absolute Gasteiger partial charge is 0.410 e. The second kappa shape index (κ2) is 7.20. The number of amides is 1. The number of likely N-dealkylation sites (tertiary alicyclic amines) is 1. The minimum absolute atomic E-state index is 0.233. The van der Waals surface area contributed by atoms with Gasteiger partial charge in [-0.3, -0.25) is 0 Å². The second-order valence-electron chi connectivity index (χ2n) is 7.55. The van der Waals surface area contributed by atoms with Crippen molar-refractivity contribution < 1.29 is 9.53 Å². The van der Waals surface area contributed by atoms with Gasteiger partial charge in [0.25, 0.3) is 0 Å². The largest absolute Gasteiger partial charge is 0.444 e. The number of ether oxygens (including phenoxy) is 1. The number of halogens is 1. The van der Waals surface area contributed by atoms with Crippen LogP contribution in [0.3, 0.4) is 0 Å². The molecule has 0 bridgehead atoms. The Morgan fingerprint density at radius 3 is 2.96 bits per heavy atom. The number of carbonyl (C=O) groups is 1. The van der Waals surface area contributed by atoms with Gasteiger partial charge in [-0.05, 0) is 51.7 Å². The highest BCUT2D eigenvalue weighted by Gasteiger charge is 2.28. The van der Waals surface area contributed by atoms with Crippen LogP contribution in [0.5, 0.6) is 0 Å². The topological polar surface area (TPSA) is 60.2 Å². The van der Waals surface area contributed by atoms with Crippen LogP contribution in [0.15, 0.2) is 18.3 Å². The lowest BCUT2D eigenvalue weighted by Crippen LogP contribution is -2.43. The van der Waals surface area contributed by atoms with Crippen molar-refractivity contribution in [2.45, 2.75) is 51.6 Å². The van der Waals surface area contributed by atoms with Crippen molar-refractivity contribution in [2.75, 3.05) is 13.1 Å². The van der Waals surface area contributed by atoms with Crippen LogP contribution >= 0.6 is 11.6 Å². The number of carbonyl (C=O) groups excluding carboxylic acids is 1. The van der Waals surface area contributed by atoms with E-state index < -0.39 is 5.60 Å². The molecule has 0 radical (unpaired) electrons. The fourth-order valence-corrected chi connectivity index (χ4v) is 3.47. The second-order valence-corrected chi connectivity index (χ2v) is 7.82. The van der Waals surface area contributed by atoms with E-state index in [0.29, 0.717) is 18.3 Å². The molecule has 3 rings (SSSR count). The van der Waals surface area contributed by atoms with Crippen LogP contribution in [0.4, 0.5) is 4.79 Å².